The molecule has 1 aliphatic heterocycles. The van der Waals surface area contributed by atoms with Crippen LogP contribution in [0, 0.1) is 0 Å². The fraction of sp³-hybridized carbons (Fsp3) is 1.00. The number of phosphoric ester groups is 1. The van der Waals surface area contributed by atoms with Gasteiger partial charge >= 0.3 is 7.82 Å². The molecule has 5 nitrogen and oxygen atoms in total. The molecule has 0 aromatic carbocycles. The number of hydrogen-bond acceptors (Lipinski definition) is 5. The lowest BCUT2D eigenvalue weighted by Crippen LogP contribution is -2.29. The minimum atomic E-state index is -3.35. The summed E-state index contributed by atoms with van der Waals surface area (Å²) in [4.78, 5) is 2.49. The standard InChI is InChI=1S/C26H54NO4P/c1-4-7-10-13-15-18-21-27(22-19-16-14-11-8-5-2)23-24-29-32(28)30-25-26(31-32)20-17-12-9-6-3/h26H,4-25H2,1-3H3. The van der Waals surface area contributed by atoms with Crippen LogP contribution >= 0.6 is 7.82 Å². The first-order valence-corrected chi connectivity index (χ1v) is 15.4. The van der Waals surface area contributed by atoms with Gasteiger partial charge in [0.15, 0.2) is 0 Å². The van der Waals surface area contributed by atoms with Crippen LogP contribution < -0.4 is 0 Å². The molecular formula is C26H54NO4P. The Bertz CT molecular complexity index is 447. The van der Waals surface area contributed by atoms with E-state index in [1.54, 1.807) is 0 Å². The van der Waals surface area contributed by atoms with Crippen LogP contribution in [0.4, 0.5) is 0 Å². The Morgan fingerprint density at radius 1 is 0.719 bits per heavy atom. The van der Waals surface area contributed by atoms with Crippen molar-refractivity contribution >= 4 is 7.82 Å². The van der Waals surface area contributed by atoms with Gasteiger partial charge in [0, 0.05) is 6.54 Å². The van der Waals surface area contributed by atoms with Crippen molar-refractivity contribution in [1.82, 2.24) is 4.90 Å². The largest absolute Gasteiger partial charge is 0.475 e. The fourth-order valence-electron chi connectivity index (χ4n) is 4.27. The predicted octanol–water partition coefficient (Wildman–Crippen LogP) is 8.52. The van der Waals surface area contributed by atoms with Crippen molar-refractivity contribution in [3.63, 3.8) is 0 Å². The SMILES string of the molecule is CCCCCCCCN(CCCCCCCC)CCOP1(=O)OCC(CCCCCC)O1. The van der Waals surface area contributed by atoms with Crippen LogP contribution in [0.1, 0.15) is 130 Å². The monoisotopic (exact) mass is 475 g/mol. The van der Waals surface area contributed by atoms with Gasteiger partial charge in [-0.2, -0.15) is 0 Å². The number of unbranched alkanes of at least 4 members (excludes halogenated alkanes) is 13. The van der Waals surface area contributed by atoms with Crippen molar-refractivity contribution in [3.8, 4) is 0 Å². The summed E-state index contributed by atoms with van der Waals surface area (Å²) < 4.78 is 29.5. The molecule has 0 aromatic rings. The summed E-state index contributed by atoms with van der Waals surface area (Å²) in [6, 6.07) is 0. The number of rotatable bonds is 23. The van der Waals surface area contributed by atoms with Gasteiger partial charge < -0.3 is 4.90 Å². The summed E-state index contributed by atoms with van der Waals surface area (Å²) in [7, 11) is -3.35. The third kappa shape index (κ3) is 15.8. The molecule has 0 aromatic heterocycles. The van der Waals surface area contributed by atoms with Gasteiger partial charge in [0.1, 0.15) is 0 Å². The van der Waals surface area contributed by atoms with Gasteiger partial charge in [-0.05, 0) is 32.4 Å². The quantitative estimate of drug-likeness (QED) is 0.109. The van der Waals surface area contributed by atoms with Crippen molar-refractivity contribution in [2.24, 2.45) is 0 Å². The zero-order valence-electron chi connectivity index (χ0n) is 21.7. The lowest BCUT2D eigenvalue weighted by atomic mass is 10.1. The van der Waals surface area contributed by atoms with Gasteiger partial charge in [-0.1, -0.05) is 111 Å². The van der Waals surface area contributed by atoms with Crippen LogP contribution in [-0.4, -0.2) is 43.9 Å². The average Bonchev–Trinajstić information content (AvgIpc) is 3.16. The molecule has 6 heteroatoms. The highest BCUT2D eigenvalue weighted by Gasteiger charge is 2.38. The Labute approximate surface area is 200 Å². The molecule has 32 heavy (non-hydrogen) atoms. The molecule has 0 amide bonds. The number of phosphoric acid groups is 1. The first-order valence-electron chi connectivity index (χ1n) is 13.9. The van der Waals surface area contributed by atoms with Gasteiger partial charge in [0.05, 0.1) is 19.3 Å². The minimum absolute atomic E-state index is 0.0694. The molecule has 0 spiro atoms. The van der Waals surface area contributed by atoms with Gasteiger partial charge in [-0.25, -0.2) is 4.57 Å². The summed E-state index contributed by atoms with van der Waals surface area (Å²) in [6.45, 7) is 10.6. The second-order valence-corrected chi connectivity index (χ2v) is 11.2. The number of hydrogen-bond donors (Lipinski definition) is 0. The van der Waals surface area contributed by atoms with Crippen molar-refractivity contribution in [2.75, 3.05) is 32.8 Å². The second-order valence-electron chi connectivity index (χ2n) is 9.53. The van der Waals surface area contributed by atoms with Gasteiger partial charge in [-0.15, -0.1) is 0 Å². The molecule has 1 saturated heterocycles. The van der Waals surface area contributed by atoms with E-state index in [4.69, 9.17) is 13.6 Å². The van der Waals surface area contributed by atoms with Crippen LogP contribution in [0.2, 0.25) is 0 Å². The summed E-state index contributed by atoms with van der Waals surface area (Å²) >= 11 is 0. The fourth-order valence-corrected chi connectivity index (χ4v) is 5.65. The van der Waals surface area contributed by atoms with E-state index in [0.29, 0.717) is 13.2 Å². The molecule has 192 valence electrons. The van der Waals surface area contributed by atoms with Crippen molar-refractivity contribution in [2.45, 2.75) is 136 Å². The van der Waals surface area contributed by atoms with E-state index in [1.165, 1.54) is 96.3 Å². The van der Waals surface area contributed by atoms with Gasteiger partial charge in [-0.3, -0.25) is 13.6 Å². The molecule has 2 unspecified atom stereocenters. The average molecular weight is 476 g/mol. The highest BCUT2D eigenvalue weighted by Crippen LogP contribution is 2.55. The molecule has 0 radical (unpaired) electrons. The molecule has 1 heterocycles. The Morgan fingerprint density at radius 3 is 1.78 bits per heavy atom. The molecule has 2 atom stereocenters. The topological polar surface area (TPSA) is 48.0 Å². The maximum absolute atomic E-state index is 12.7. The van der Waals surface area contributed by atoms with E-state index in [9.17, 15) is 4.57 Å². The molecule has 1 rings (SSSR count). The smallest absolute Gasteiger partial charge is 0.301 e. The Morgan fingerprint density at radius 2 is 1.22 bits per heavy atom. The van der Waals surface area contributed by atoms with E-state index >= 15 is 0 Å². The maximum atomic E-state index is 12.7. The predicted molar refractivity (Wildman–Crippen MR) is 136 cm³/mol. The Balaban J connectivity index is 2.28. The third-order valence-corrected chi connectivity index (χ3v) is 7.91. The van der Waals surface area contributed by atoms with E-state index in [0.717, 1.165) is 32.5 Å². The van der Waals surface area contributed by atoms with Gasteiger partial charge in [0.2, 0.25) is 0 Å². The zero-order chi connectivity index (χ0) is 23.3. The molecule has 1 fully saturated rings. The summed E-state index contributed by atoms with van der Waals surface area (Å²) in [5.41, 5.74) is 0. The first kappa shape index (κ1) is 30.1. The van der Waals surface area contributed by atoms with Crippen LogP contribution in [0.3, 0.4) is 0 Å². The highest BCUT2D eigenvalue weighted by atomic mass is 31.2. The van der Waals surface area contributed by atoms with Crippen molar-refractivity contribution in [1.29, 1.82) is 0 Å². The van der Waals surface area contributed by atoms with E-state index < -0.39 is 7.82 Å². The third-order valence-electron chi connectivity index (χ3n) is 6.39. The highest BCUT2D eigenvalue weighted by molar-refractivity contribution is 7.48. The van der Waals surface area contributed by atoms with Crippen molar-refractivity contribution < 1.29 is 18.1 Å². The Kier molecular flexibility index (Phi) is 19.2. The normalized spacial score (nSPS) is 21.1. The van der Waals surface area contributed by atoms with Gasteiger partial charge in [0.25, 0.3) is 0 Å². The lowest BCUT2D eigenvalue weighted by Gasteiger charge is -2.23. The minimum Gasteiger partial charge on any atom is -0.301 e. The molecule has 0 bridgehead atoms. The van der Waals surface area contributed by atoms with Crippen LogP contribution in [0.25, 0.3) is 0 Å². The van der Waals surface area contributed by atoms with Crippen LogP contribution in [0.5, 0.6) is 0 Å². The molecule has 0 N–H and O–H groups in total. The number of nitrogens with zero attached hydrogens (tertiary/aromatic N) is 1. The van der Waals surface area contributed by atoms with Crippen LogP contribution in [-0.2, 0) is 18.1 Å². The molecule has 0 aliphatic carbocycles. The zero-order valence-corrected chi connectivity index (χ0v) is 22.6. The summed E-state index contributed by atoms with van der Waals surface area (Å²) in [5.74, 6) is 0. The molecule has 0 saturated carbocycles. The Hall–Kier alpha value is 0.0700. The molecular weight excluding hydrogens is 421 g/mol. The second kappa shape index (κ2) is 20.4. The molecule has 1 aliphatic rings. The van der Waals surface area contributed by atoms with Crippen molar-refractivity contribution in [3.05, 3.63) is 0 Å². The van der Waals surface area contributed by atoms with Crippen LogP contribution in [0.15, 0.2) is 0 Å². The maximum Gasteiger partial charge on any atom is 0.475 e. The first-order chi connectivity index (χ1) is 15.6. The summed E-state index contributed by atoms with van der Waals surface area (Å²) in [6.07, 6.45) is 21.4. The lowest BCUT2D eigenvalue weighted by molar-refractivity contribution is 0.144. The van der Waals surface area contributed by atoms with E-state index in [-0.39, 0.29) is 6.10 Å². The van der Waals surface area contributed by atoms with E-state index in [1.807, 2.05) is 0 Å². The van der Waals surface area contributed by atoms with E-state index in [2.05, 4.69) is 25.7 Å². The summed E-state index contributed by atoms with van der Waals surface area (Å²) in [5, 5.41) is 0.